The van der Waals surface area contributed by atoms with Gasteiger partial charge in [0, 0.05) is 5.56 Å². The van der Waals surface area contributed by atoms with Gasteiger partial charge in [-0.3, -0.25) is 0 Å². The highest BCUT2D eigenvalue weighted by Gasteiger charge is 2.41. The molecule has 0 saturated carbocycles. The molecular weight excluding hydrogens is 168 g/mol. The van der Waals surface area contributed by atoms with Crippen LogP contribution < -0.4 is 4.74 Å². The summed E-state index contributed by atoms with van der Waals surface area (Å²) in [4.78, 5) is 0. The van der Waals surface area contributed by atoms with Gasteiger partial charge in [0.15, 0.2) is 11.5 Å². The summed E-state index contributed by atoms with van der Waals surface area (Å²) in [7, 11) is 0. The fraction of sp³-hybridized carbons (Fsp3) is 0.400. The first-order chi connectivity index (χ1) is 6.02. The van der Waals surface area contributed by atoms with Gasteiger partial charge in [0.25, 0.3) is 0 Å². The van der Waals surface area contributed by atoms with Crippen molar-refractivity contribution in [3.05, 3.63) is 23.8 Å². The third-order valence-electron chi connectivity index (χ3n) is 2.34. The van der Waals surface area contributed by atoms with Gasteiger partial charge in [-0.25, -0.2) is 0 Å². The van der Waals surface area contributed by atoms with Crippen molar-refractivity contribution in [2.75, 3.05) is 0 Å². The van der Waals surface area contributed by atoms with E-state index in [0.717, 1.165) is 0 Å². The summed E-state index contributed by atoms with van der Waals surface area (Å²) in [5.41, 5.74) is 0.00579. The van der Waals surface area contributed by atoms with Gasteiger partial charge in [0.1, 0.15) is 11.7 Å². The van der Waals surface area contributed by atoms with E-state index in [2.05, 4.69) is 0 Å². The van der Waals surface area contributed by atoms with Gasteiger partial charge in [-0.05, 0) is 19.9 Å². The Morgan fingerprint density at radius 1 is 1.38 bits per heavy atom. The molecule has 0 spiro atoms. The van der Waals surface area contributed by atoms with E-state index in [0.29, 0.717) is 11.3 Å². The molecule has 0 amide bonds. The zero-order chi connectivity index (χ0) is 9.64. The molecule has 1 heterocycles. The molecule has 1 aliphatic heterocycles. The number of aliphatic hydroxyl groups is 1. The van der Waals surface area contributed by atoms with Crippen molar-refractivity contribution >= 4 is 0 Å². The first-order valence-corrected chi connectivity index (χ1v) is 4.21. The van der Waals surface area contributed by atoms with E-state index in [1.165, 1.54) is 0 Å². The number of benzene rings is 1. The maximum Gasteiger partial charge on any atom is 0.167 e. The van der Waals surface area contributed by atoms with Crippen molar-refractivity contribution in [2.45, 2.75) is 25.6 Å². The van der Waals surface area contributed by atoms with Crippen molar-refractivity contribution in [1.82, 2.24) is 0 Å². The SMILES string of the molecule is CC1(C)Oc2c(O)cccc2[C@@H]1O. The second-order valence-corrected chi connectivity index (χ2v) is 3.80. The van der Waals surface area contributed by atoms with E-state index in [1.807, 2.05) is 0 Å². The highest BCUT2D eigenvalue weighted by molar-refractivity contribution is 5.50. The van der Waals surface area contributed by atoms with Crippen molar-refractivity contribution in [2.24, 2.45) is 0 Å². The predicted octanol–water partition coefficient (Wildman–Crippen LogP) is 1.60. The molecule has 1 atom stereocenters. The molecule has 0 aromatic heterocycles. The Bertz CT molecular complexity index is 344. The molecule has 0 aliphatic carbocycles. The van der Waals surface area contributed by atoms with Crippen LogP contribution in [0.5, 0.6) is 11.5 Å². The zero-order valence-electron chi connectivity index (χ0n) is 7.61. The summed E-state index contributed by atoms with van der Waals surface area (Å²) >= 11 is 0. The number of fused-ring (bicyclic) bond motifs is 1. The Morgan fingerprint density at radius 3 is 2.69 bits per heavy atom. The monoisotopic (exact) mass is 180 g/mol. The van der Waals surface area contributed by atoms with Crippen molar-refractivity contribution in [1.29, 1.82) is 0 Å². The number of hydrogen-bond donors (Lipinski definition) is 2. The van der Waals surface area contributed by atoms with Crippen LogP contribution in [0.25, 0.3) is 0 Å². The normalized spacial score (nSPS) is 23.8. The number of aliphatic hydroxyl groups excluding tert-OH is 1. The minimum atomic E-state index is -0.672. The molecule has 1 aromatic carbocycles. The molecule has 0 saturated heterocycles. The van der Waals surface area contributed by atoms with Crippen LogP contribution in [-0.4, -0.2) is 15.8 Å². The van der Waals surface area contributed by atoms with Gasteiger partial charge >= 0.3 is 0 Å². The Morgan fingerprint density at radius 2 is 2.08 bits per heavy atom. The molecule has 2 rings (SSSR count). The number of phenolic OH excluding ortho intramolecular Hbond substituents is 1. The second-order valence-electron chi connectivity index (χ2n) is 3.80. The van der Waals surface area contributed by atoms with Crippen LogP contribution in [0.2, 0.25) is 0 Å². The number of ether oxygens (including phenoxy) is 1. The molecule has 0 fully saturated rings. The first-order valence-electron chi connectivity index (χ1n) is 4.21. The standard InChI is InChI=1S/C10H12O3/c1-10(2)9(12)6-4-3-5-7(11)8(6)13-10/h3-5,9,11-12H,1-2H3/t9-/m0/s1. The Hall–Kier alpha value is -1.22. The quantitative estimate of drug-likeness (QED) is 0.637. The van der Waals surface area contributed by atoms with Crippen molar-refractivity contribution in [3.63, 3.8) is 0 Å². The van der Waals surface area contributed by atoms with Gasteiger partial charge in [-0.1, -0.05) is 12.1 Å². The van der Waals surface area contributed by atoms with E-state index < -0.39 is 11.7 Å². The third-order valence-corrected chi connectivity index (χ3v) is 2.34. The molecule has 13 heavy (non-hydrogen) atoms. The van der Waals surface area contributed by atoms with Crippen LogP contribution in [0, 0.1) is 0 Å². The lowest BCUT2D eigenvalue weighted by Gasteiger charge is -2.21. The van der Waals surface area contributed by atoms with Crippen molar-refractivity contribution in [3.8, 4) is 11.5 Å². The molecule has 3 heteroatoms. The maximum atomic E-state index is 9.80. The number of aromatic hydroxyl groups is 1. The van der Waals surface area contributed by atoms with Gasteiger partial charge in [0.2, 0.25) is 0 Å². The molecule has 3 nitrogen and oxygen atoms in total. The lowest BCUT2D eigenvalue weighted by Crippen LogP contribution is -2.29. The average Bonchev–Trinajstić information content (AvgIpc) is 2.28. The molecule has 70 valence electrons. The predicted molar refractivity (Wildman–Crippen MR) is 47.8 cm³/mol. The molecule has 1 aliphatic rings. The summed E-state index contributed by atoms with van der Waals surface area (Å²) < 4.78 is 5.44. The van der Waals surface area contributed by atoms with Gasteiger partial charge in [0.05, 0.1) is 0 Å². The topological polar surface area (TPSA) is 49.7 Å². The summed E-state index contributed by atoms with van der Waals surface area (Å²) in [5.74, 6) is 0.488. The fourth-order valence-corrected chi connectivity index (χ4v) is 1.56. The van der Waals surface area contributed by atoms with Gasteiger partial charge < -0.3 is 14.9 Å². The van der Waals surface area contributed by atoms with E-state index in [9.17, 15) is 10.2 Å². The van der Waals surface area contributed by atoms with Crippen LogP contribution in [0.3, 0.4) is 0 Å². The number of hydrogen-bond acceptors (Lipinski definition) is 3. The van der Waals surface area contributed by atoms with Crippen LogP contribution in [0.15, 0.2) is 18.2 Å². The fourth-order valence-electron chi connectivity index (χ4n) is 1.56. The summed E-state index contributed by atoms with van der Waals surface area (Å²) in [6.07, 6.45) is -0.672. The van der Waals surface area contributed by atoms with E-state index in [1.54, 1.807) is 32.0 Å². The molecule has 0 unspecified atom stereocenters. The average molecular weight is 180 g/mol. The van der Waals surface area contributed by atoms with Crippen LogP contribution in [0.4, 0.5) is 0 Å². The van der Waals surface area contributed by atoms with Crippen LogP contribution >= 0.6 is 0 Å². The highest BCUT2D eigenvalue weighted by Crippen LogP contribution is 2.47. The summed E-state index contributed by atoms with van der Waals surface area (Å²) in [6, 6.07) is 5.00. The molecule has 0 bridgehead atoms. The maximum absolute atomic E-state index is 9.80. The lowest BCUT2D eigenvalue weighted by atomic mass is 9.98. The van der Waals surface area contributed by atoms with Crippen molar-refractivity contribution < 1.29 is 14.9 Å². The first kappa shape index (κ1) is 8.38. The molecular formula is C10H12O3. The second kappa shape index (κ2) is 2.39. The lowest BCUT2D eigenvalue weighted by molar-refractivity contribution is -0.000263. The van der Waals surface area contributed by atoms with E-state index in [4.69, 9.17) is 4.74 Å². The van der Waals surface area contributed by atoms with E-state index in [-0.39, 0.29) is 5.75 Å². The number of rotatable bonds is 0. The molecule has 0 radical (unpaired) electrons. The minimum Gasteiger partial charge on any atom is -0.504 e. The largest absolute Gasteiger partial charge is 0.504 e. The molecule has 2 N–H and O–H groups in total. The van der Waals surface area contributed by atoms with Gasteiger partial charge in [-0.2, -0.15) is 0 Å². The summed E-state index contributed by atoms with van der Waals surface area (Å²) in [6.45, 7) is 3.58. The Labute approximate surface area is 76.6 Å². The number of para-hydroxylation sites is 1. The minimum absolute atomic E-state index is 0.0853. The van der Waals surface area contributed by atoms with Gasteiger partial charge in [-0.15, -0.1) is 0 Å². The Kier molecular flexibility index (Phi) is 1.54. The van der Waals surface area contributed by atoms with Crippen LogP contribution in [0.1, 0.15) is 25.5 Å². The number of phenols is 1. The Balaban J connectivity index is 2.56. The zero-order valence-corrected chi connectivity index (χ0v) is 7.61. The third kappa shape index (κ3) is 1.08. The molecule has 1 aromatic rings. The summed E-state index contributed by atoms with van der Waals surface area (Å²) in [5, 5.41) is 19.2. The smallest absolute Gasteiger partial charge is 0.167 e. The van der Waals surface area contributed by atoms with E-state index >= 15 is 0 Å². The highest BCUT2D eigenvalue weighted by atomic mass is 16.5. The van der Waals surface area contributed by atoms with Crippen LogP contribution in [-0.2, 0) is 0 Å².